The van der Waals surface area contributed by atoms with Crippen molar-refractivity contribution in [1.29, 1.82) is 0 Å². The van der Waals surface area contributed by atoms with E-state index >= 15 is 0 Å². The highest BCUT2D eigenvalue weighted by Crippen LogP contribution is 2.38. The van der Waals surface area contributed by atoms with Crippen molar-refractivity contribution in [2.75, 3.05) is 40.0 Å². The summed E-state index contributed by atoms with van der Waals surface area (Å²) in [5.74, 6) is 0.549. The summed E-state index contributed by atoms with van der Waals surface area (Å²) in [6.45, 7) is 3.88. The molecule has 0 spiro atoms. The lowest BCUT2D eigenvalue weighted by Gasteiger charge is -2.32. The Morgan fingerprint density at radius 1 is 0.973 bits per heavy atom. The maximum absolute atomic E-state index is 12.6. The Kier molecular flexibility index (Phi) is 10.1. The third-order valence-corrected chi connectivity index (χ3v) is 7.08. The maximum Gasteiger partial charge on any atom is 0.338 e. The normalized spacial score (nSPS) is 23.8. The number of ether oxygens (including phenoxy) is 3. The molecule has 8 nitrogen and oxygen atoms in total. The lowest BCUT2D eigenvalue weighted by Crippen LogP contribution is -2.36. The molecule has 1 N–H and O–H groups in total. The van der Waals surface area contributed by atoms with Crippen LogP contribution in [0.4, 0.5) is 0 Å². The molecule has 0 amide bonds. The van der Waals surface area contributed by atoms with E-state index in [4.69, 9.17) is 19.0 Å². The summed E-state index contributed by atoms with van der Waals surface area (Å²) in [4.78, 5) is 21.1. The fourth-order valence-electron chi connectivity index (χ4n) is 4.92. The number of nitrogens with zero attached hydrogens (tertiary/aromatic N) is 2. The molecule has 1 atom stereocenters. The first-order valence-corrected chi connectivity index (χ1v) is 13.3. The number of carbonyl (C=O) groups excluding carboxylic acids is 1. The fraction of sp³-hybridized carbons (Fsp3) is 0.517. The van der Waals surface area contributed by atoms with E-state index in [0.29, 0.717) is 31.3 Å². The van der Waals surface area contributed by atoms with Crippen molar-refractivity contribution in [3.05, 3.63) is 53.6 Å². The molecule has 2 aromatic rings. The third-order valence-electron chi connectivity index (χ3n) is 7.08. The van der Waals surface area contributed by atoms with Gasteiger partial charge in [0.15, 0.2) is 11.5 Å². The van der Waals surface area contributed by atoms with E-state index in [9.17, 15) is 9.90 Å². The molecule has 2 aromatic carbocycles. The van der Waals surface area contributed by atoms with Gasteiger partial charge in [-0.15, -0.1) is 0 Å². The van der Waals surface area contributed by atoms with Gasteiger partial charge in [0.05, 0.1) is 32.1 Å². The van der Waals surface area contributed by atoms with Crippen molar-refractivity contribution in [2.24, 2.45) is 11.1 Å². The summed E-state index contributed by atoms with van der Waals surface area (Å²) in [7, 11) is 1.46. The molecule has 4 bridgehead atoms. The molecule has 0 aromatic heterocycles. The van der Waals surface area contributed by atoms with Gasteiger partial charge in [0, 0.05) is 6.54 Å². The van der Waals surface area contributed by atoms with Crippen LogP contribution in [-0.4, -0.2) is 68.3 Å². The Bertz CT molecular complexity index is 1020. The quantitative estimate of drug-likeness (QED) is 0.350. The molecule has 0 aliphatic carbocycles. The second-order valence-electron chi connectivity index (χ2n) is 9.74. The minimum absolute atomic E-state index is 0.0417. The standard InChI is InChI=1S/C29H38N2O6/c1-34-28-26(32)19-24-20-27(28)35-17-6-10-25(37-30-21-23-7-3-2-4-8-23)13-16-31-14-11-22(12-15-31)9-5-18-36-29(24)33/h2-4,7-8,19-22,25,32H,5-6,9-18H2,1H3/b30-21+. The average Bonchev–Trinajstić information content (AvgIpc) is 2.92. The van der Waals surface area contributed by atoms with Gasteiger partial charge in [-0.25, -0.2) is 4.79 Å². The number of rotatable bonds is 4. The number of carbonyl (C=O) groups is 1. The second kappa shape index (κ2) is 13.9. The van der Waals surface area contributed by atoms with E-state index < -0.39 is 5.97 Å². The molecular formula is C29H38N2O6. The van der Waals surface area contributed by atoms with Gasteiger partial charge >= 0.3 is 5.97 Å². The van der Waals surface area contributed by atoms with E-state index in [1.54, 1.807) is 12.3 Å². The van der Waals surface area contributed by atoms with Crippen molar-refractivity contribution < 1.29 is 28.9 Å². The number of oxime groups is 1. The van der Waals surface area contributed by atoms with Gasteiger partial charge < -0.3 is 29.1 Å². The number of phenolic OH excluding ortho intramolecular Hbond substituents is 1. The zero-order valence-corrected chi connectivity index (χ0v) is 21.6. The number of benzene rings is 2. The van der Waals surface area contributed by atoms with Gasteiger partial charge in [-0.05, 0) is 81.6 Å². The molecule has 200 valence electrons. The van der Waals surface area contributed by atoms with E-state index in [-0.39, 0.29) is 23.2 Å². The lowest BCUT2D eigenvalue weighted by atomic mass is 9.92. The summed E-state index contributed by atoms with van der Waals surface area (Å²) >= 11 is 0. The van der Waals surface area contributed by atoms with Crippen molar-refractivity contribution in [3.8, 4) is 17.2 Å². The summed E-state index contributed by atoms with van der Waals surface area (Å²) in [5, 5.41) is 14.7. The number of esters is 1. The van der Waals surface area contributed by atoms with Crippen LogP contribution in [0.5, 0.6) is 17.2 Å². The molecule has 1 fully saturated rings. The minimum atomic E-state index is -0.472. The molecular weight excluding hydrogens is 472 g/mol. The molecule has 8 heteroatoms. The van der Waals surface area contributed by atoms with Crippen LogP contribution in [0.1, 0.15) is 60.9 Å². The third kappa shape index (κ3) is 8.12. The average molecular weight is 511 g/mol. The van der Waals surface area contributed by atoms with Crippen LogP contribution in [0.15, 0.2) is 47.6 Å². The van der Waals surface area contributed by atoms with Crippen LogP contribution in [0.2, 0.25) is 0 Å². The van der Waals surface area contributed by atoms with Gasteiger partial charge in [-0.3, -0.25) is 0 Å². The van der Waals surface area contributed by atoms with Crippen molar-refractivity contribution in [1.82, 2.24) is 4.90 Å². The number of fused-ring (bicyclic) bond motifs is 12. The topological polar surface area (TPSA) is 89.8 Å². The van der Waals surface area contributed by atoms with Crippen LogP contribution < -0.4 is 9.47 Å². The summed E-state index contributed by atoms with van der Waals surface area (Å²) in [5.41, 5.74) is 1.24. The first-order valence-electron chi connectivity index (χ1n) is 13.3. The Morgan fingerprint density at radius 3 is 2.49 bits per heavy atom. The van der Waals surface area contributed by atoms with Gasteiger partial charge in [0.25, 0.3) is 0 Å². The molecule has 37 heavy (non-hydrogen) atoms. The molecule has 0 radical (unpaired) electrons. The first kappa shape index (κ1) is 26.8. The Labute approximate surface area is 219 Å². The van der Waals surface area contributed by atoms with Crippen LogP contribution in [0.25, 0.3) is 0 Å². The molecule has 5 rings (SSSR count). The Morgan fingerprint density at radius 2 is 1.70 bits per heavy atom. The molecule has 0 saturated carbocycles. The van der Waals surface area contributed by atoms with E-state index in [1.807, 2.05) is 30.3 Å². The number of methoxy groups -OCH3 is 1. The number of aromatic hydroxyl groups is 1. The Balaban J connectivity index is 1.44. The number of piperidine rings is 1. The van der Waals surface area contributed by atoms with Crippen LogP contribution >= 0.6 is 0 Å². The second-order valence-corrected chi connectivity index (χ2v) is 9.74. The first-order chi connectivity index (χ1) is 18.1. The van der Waals surface area contributed by atoms with E-state index in [2.05, 4.69) is 10.1 Å². The smallest absolute Gasteiger partial charge is 0.338 e. The van der Waals surface area contributed by atoms with E-state index in [1.165, 1.54) is 13.2 Å². The maximum atomic E-state index is 12.6. The minimum Gasteiger partial charge on any atom is -0.504 e. The molecule has 3 heterocycles. The monoisotopic (exact) mass is 510 g/mol. The van der Waals surface area contributed by atoms with E-state index in [0.717, 1.165) is 63.7 Å². The lowest BCUT2D eigenvalue weighted by molar-refractivity contribution is 0.0326. The van der Waals surface area contributed by atoms with Gasteiger partial charge in [0.2, 0.25) is 5.75 Å². The van der Waals surface area contributed by atoms with Crippen LogP contribution in [-0.2, 0) is 9.57 Å². The molecule has 1 saturated heterocycles. The van der Waals surface area contributed by atoms with Gasteiger partial charge in [-0.2, -0.15) is 0 Å². The zero-order valence-electron chi connectivity index (χ0n) is 21.6. The van der Waals surface area contributed by atoms with Crippen LogP contribution in [0.3, 0.4) is 0 Å². The van der Waals surface area contributed by atoms with Gasteiger partial charge in [-0.1, -0.05) is 35.5 Å². The summed E-state index contributed by atoms with van der Waals surface area (Å²) < 4.78 is 16.7. The number of hydrogen-bond donors (Lipinski definition) is 1. The predicted octanol–water partition coefficient (Wildman–Crippen LogP) is 5.03. The largest absolute Gasteiger partial charge is 0.504 e. The SMILES string of the molecule is COc1c(O)cc2cc1OCCCC(O/N=C/c1ccccc1)CCN1CCC(CCCOC2=O)CC1. The van der Waals surface area contributed by atoms with Crippen molar-refractivity contribution in [3.63, 3.8) is 0 Å². The number of phenols is 1. The van der Waals surface area contributed by atoms with Gasteiger partial charge in [0.1, 0.15) is 6.10 Å². The highest BCUT2D eigenvalue weighted by Gasteiger charge is 2.22. The summed E-state index contributed by atoms with van der Waals surface area (Å²) in [6, 6.07) is 12.8. The highest BCUT2D eigenvalue weighted by molar-refractivity contribution is 5.91. The van der Waals surface area contributed by atoms with Crippen molar-refractivity contribution >= 4 is 12.2 Å². The van der Waals surface area contributed by atoms with Crippen molar-refractivity contribution in [2.45, 2.75) is 51.0 Å². The predicted molar refractivity (Wildman–Crippen MR) is 142 cm³/mol. The highest BCUT2D eigenvalue weighted by atomic mass is 16.6. The number of hydrogen-bond acceptors (Lipinski definition) is 8. The van der Waals surface area contributed by atoms with Crippen LogP contribution in [0, 0.1) is 5.92 Å². The summed E-state index contributed by atoms with van der Waals surface area (Å²) in [6.07, 6.45) is 8.27. The molecule has 3 aliphatic rings. The molecule has 3 aliphatic heterocycles. The fourth-order valence-corrected chi connectivity index (χ4v) is 4.92. The zero-order chi connectivity index (χ0) is 25.9. The molecule has 1 unspecified atom stereocenters. The Hall–Kier alpha value is -3.26.